The molecule has 0 fully saturated rings. The fraction of sp³-hybridized carbons (Fsp3) is 0.355. The lowest BCUT2D eigenvalue weighted by Gasteiger charge is -2.33. The normalized spacial score (nSPS) is 12.0. The van der Waals surface area contributed by atoms with Crippen molar-refractivity contribution in [2.24, 2.45) is 0 Å². The van der Waals surface area contributed by atoms with Gasteiger partial charge >= 0.3 is 0 Å². The third kappa shape index (κ3) is 8.18. The first kappa shape index (κ1) is 33.2. The Morgan fingerprint density at radius 3 is 2.21 bits per heavy atom. The molecule has 0 aromatic heterocycles. The Bertz CT molecular complexity index is 1460. The van der Waals surface area contributed by atoms with E-state index in [4.69, 9.17) is 27.9 Å². The van der Waals surface area contributed by atoms with Gasteiger partial charge in [0, 0.05) is 34.8 Å². The number of carbonyl (C=O) groups excluding carboxylic acids is 2. The smallest absolute Gasteiger partial charge is 0.264 e. The number of amides is 2. The van der Waals surface area contributed by atoms with Gasteiger partial charge in [-0.1, -0.05) is 73.3 Å². The van der Waals surface area contributed by atoms with Crippen LogP contribution in [0.25, 0.3) is 0 Å². The molecule has 2 amide bonds. The van der Waals surface area contributed by atoms with E-state index in [2.05, 4.69) is 5.32 Å². The molecule has 0 aliphatic rings. The lowest BCUT2D eigenvalue weighted by atomic mass is 10.1. The number of benzene rings is 3. The van der Waals surface area contributed by atoms with Gasteiger partial charge in [-0.15, -0.1) is 0 Å². The van der Waals surface area contributed by atoms with Crippen molar-refractivity contribution in [2.75, 3.05) is 24.5 Å². The molecule has 1 atom stereocenters. The molecule has 0 saturated carbocycles. The third-order valence-corrected chi connectivity index (χ3v) is 9.33. The number of ether oxygens (including phenoxy) is 1. The van der Waals surface area contributed by atoms with E-state index in [0.29, 0.717) is 27.9 Å². The quantitative estimate of drug-likeness (QED) is 0.212. The van der Waals surface area contributed by atoms with Gasteiger partial charge in [-0.05, 0) is 56.2 Å². The van der Waals surface area contributed by atoms with E-state index < -0.39 is 28.5 Å². The summed E-state index contributed by atoms with van der Waals surface area (Å²) in [7, 11) is -2.73. The lowest BCUT2D eigenvalue weighted by molar-refractivity contribution is -0.140. The predicted molar refractivity (Wildman–Crippen MR) is 168 cm³/mol. The van der Waals surface area contributed by atoms with Crippen molar-refractivity contribution in [1.82, 2.24) is 10.2 Å². The number of halogens is 2. The summed E-state index contributed by atoms with van der Waals surface area (Å²) in [5.41, 5.74) is 1.59. The van der Waals surface area contributed by atoms with Gasteiger partial charge in [0.25, 0.3) is 10.0 Å². The van der Waals surface area contributed by atoms with Crippen LogP contribution >= 0.6 is 23.2 Å². The Labute approximate surface area is 258 Å². The average molecular weight is 635 g/mol. The maximum absolute atomic E-state index is 14.2. The van der Waals surface area contributed by atoms with Crippen molar-refractivity contribution in [1.29, 1.82) is 0 Å². The Kier molecular flexibility index (Phi) is 12.1. The van der Waals surface area contributed by atoms with Gasteiger partial charge in [0.15, 0.2) is 0 Å². The molecule has 0 bridgehead atoms. The summed E-state index contributed by atoms with van der Waals surface area (Å²) in [5.74, 6) is -0.510. The van der Waals surface area contributed by atoms with Crippen LogP contribution in [0.5, 0.6) is 5.75 Å². The van der Waals surface area contributed by atoms with Crippen LogP contribution in [-0.4, -0.2) is 51.4 Å². The standard InChI is InChI=1S/C31H37Cl2N3O5S/c1-5-7-18-34-31(38)29(6-2)35(20-26-27(32)12-9-13-28(26)33)30(37)21-36(23-10-8-11-24(19-23)41-4)42(39,40)25-16-14-22(3)15-17-25/h8-17,19,29H,5-7,18,20-21H2,1-4H3,(H,34,38)/t29-/m0/s1. The number of carbonyl (C=O) groups is 2. The number of nitrogens with zero attached hydrogens (tertiary/aromatic N) is 2. The van der Waals surface area contributed by atoms with Crippen molar-refractivity contribution in [3.8, 4) is 5.75 Å². The number of hydrogen-bond donors (Lipinski definition) is 1. The highest BCUT2D eigenvalue weighted by molar-refractivity contribution is 7.92. The van der Waals surface area contributed by atoms with Crippen LogP contribution in [-0.2, 0) is 26.2 Å². The molecule has 3 rings (SSSR count). The molecule has 3 aromatic rings. The molecule has 0 unspecified atom stereocenters. The molecule has 0 heterocycles. The van der Waals surface area contributed by atoms with Crippen LogP contribution < -0.4 is 14.4 Å². The third-order valence-electron chi connectivity index (χ3n) is 6.83. The van der Waals surface area contributed by atoms with Crippen LogP contribution in [0, 0.1) is 6.92 Å². The topological polar surface area (TPSA) is 96.0 Å². The van der Waals surface area contributed by atoms with Crippen LogP contribution in [0.15, 0.2) is 71.6 Å². The highest BCUT2D eigenvalue weighted by Crippen LogP contribution is 2.30. The van der Waals surface area contributed by atoms with E-state index in [1.807, 2.05) is 13.8 Å². The van der Waals surface area contributed by atoms with Gasteiger partial charge in [0.1, 0.15) is 18.3 Å². The molecule has 11 heteroatoms. The first-order chi connectivity index (χ1) is 20.0. The SMILES string of the molecule is CCCCNC(=O)[C@H](CC)N(Cc1c(Cl)cccc1Cl)C(=O)CN(c1cccc(OC)c1)S(=O)(=O)c1ccc(C)cc1. The molecule has 226 valence electrons. The summed E-state index contributed by atoms with van der Waals surface area (Å²) < 4.78 is 34.4. The predicted octanol–water partition coefficient (Wildman–Crippen LogP) is 6.23. The number of rotatable bonds is 14. The van der Waals surface area contributed by atoms with Gasteiger partial charge in [0.2, 0.25) is 11.8 Å². The zero-order chi connectivity index (χ0) is 30.9. The zero-order valence-electron chi connectivity index (χ0n) is 24.3. The minimum absolute atomic E-state index is 0.0220. The van der Waals surface area contributed by atoms with Crippen molar-refractivity contribution in [3.05, 3.63) is 87.9 Å². The number of methoxy groups -OCH3 is 1. The van der Waals surface area contributed by atoms with Crippen molar-refractivity contribution < 1.29 is 22.7 Å². The Morgan fingerprint density at radius 1 is 0.976 bits per heavy atom. The van der Waals surface area contributed by atoms with Crippen LogP contribution in [0.4, 0.5) is 5.69 Å². The molecule has 0 aliphatic carbocycles. The molecule has 1 N–H and O–H groups in total. The molecule has 0 radical (unpaired) electrons. The molecular formula is C31H37Cl2N3O5S. The molecular weight excluding hydrogens is 597 g/mol. The van der Waals surface area contributed by atoms with E-state index in [0.717, 1.165) is 22.7 Å². The first-order valence-corrected chi connectivity index (χ1v) is 16.0. The maximum atomic E-state index is 14.2. The first-order valence-electron chi connectivity index (χ1n) is 13.8. The van der Waals surface area contributed by atoms with Gasteiger partial charge in [-0.2, -0.15) is 0 Å². The van der Waals surface area contributed by atoms with Crippen molar-refractivity contribution >= 4 is 50.7 Å². The monoisotopic (exact) mass is 633 g/mol. The van der Waals surface area contributed by atoms with Gasteiger partial charge in [-0.3, -0.25) is 13.9 Å². The zero-order valence-corrected chi connectivity index (χ0v) is 26.6. The number of sulfonamides is 1. The fourth-order valence-electron chi connectivity index (χ4n) is 4.41. The minimum atomic E-state index is -4.21. The maximum Gasteiger partial charge on any atom is 0.264 e. The summed E-state index contributed by atoms with van der Waals surface area (Å²) in [5, 5.41) is 3.56. The number of unbranched alkanes of at least 4 members (excludes halogenated alkanes) is 1. The van der Waals surface area contributed by atoms with Crippen molar-refractivity contribution in [3.63, 3.8) is 0 Å². The molecule has 0 spiro atoms. The van der Waals surface area contributed by atoms with Crippen LogP contribution in [0.2, 0.25) is 10.0 Å². The van der Waals surface area contributed by atoms with Gasteiger partial charge in [-0.25, -0.2) is 8.42 Å². The van der Waals surface area contributed by atoms with E-state index in [1.165, 1.54) is 24.1 Å². The van der Waals surface area contributed by atoms with E-state index >= 15 is 0 Å². The molecule has 0 aliphatic heterocycles. The number of nitrogens with one attached hydrogen (secondary N) is 1. The van der Waals surface area contributed by atoms with E-state index in [1.54, 1.807) is 61.5 Å². The molecule has 8 nitrogen and oxygen atoms in total. The fourth-order valence-corrected chi connectivity index (χ4v) is 6.33. The van der Waals surface area contributed by atoms with Crippen molar-refractivity contribution in [2.45, 2.75) is 57.5 Å². The second kappa shape index (κ2) is 15.3. The summed E-state index contributed by atoms with van der Waals surface area (Å²) >= 11 is 12.9. The summed E-state index contributed by atoms with van der Waals surface area (Å²) in [4.78, 5) is 28.9. The van der Waals surface area contributed by atoms with Gasteiger partial charge < -0.3 is 15.0 Å². The second-order valence-electron chi connectivity index (χ2n) is 9.82. The summed E-state index contributed by atoms with van der Waals surface area (Å²) in [6, 6.07) is 16.9. The molecule has 3 aromatic carbocycles. The van der Waals surface area contributed by atoms with Crippen LogP contribution in [0.1, 0.15) is 44.2 Å². The number of aryl methyl sites for hydroxylation is 1. The highest BCUT2D eigenvalue weighted by Gasteiger charge is 2.34. The minimum Gasteiger partial charge on any atom is -0.497 e. The summed E-state index contributed by atoms with van der Waals surface area (Å²) in [6.07, 6.45) is 1.96. The Hall–Kier alpha value is -3.27. The second-order valence-corrected chi connectivity index (χ2v) is 12.5. The Morgan fingerprint density at radius 2 is 1.62 bits per heavy atom. The molecule has 42 heavy (non-hydrogen) atoms. The highest BCUT2D eigenvalue weighted by atomic mass is 35.5. The summed E-state index contributed by atoms with van der Waals surface area (Å²) in [6.45, 7) is 5.45. The molecule has 0 saturated heterocycles. The largest absolute Gasteiger partial charge is 0.497 e. The van der Waals surface area contributed by atoms with E-state index in [9.17, 15) is 18.0 Å². The van der Waals surface area contributed by atoms with Crippen LogP contribution in [0.3, 0.4) is 0 Å². The number of hydrogen-bond acceptors (Lipinski definition) is 5. The van der Waals surface area contributed by atoms with E-state index in [-0.39, 0.29) is 29.5 Å². The van der Waals surface area contributed by atoms with Gasteiger partial charge in [0.05, 0.1) is 17.7 Å². The number of anilines is 1. The Balaban J connectivity index is 2.09. The lowest BCUT2D eigenvalue weighted by Crippen LogP contribution is -2.52. The average Bonchev–Trinajstić information content (AvgIpc) is 2.97.